The third-order valence-electron chi connectivity index (χ3n) is 4.19. The fourth-order valence-corrected chi connectivity index (χ4v) is 3.34. The molecule has 1 saturated carbocycles. The van der Waals surface area contributed by atoms with Gasteiger partial charge in [0.1, 0.15) is 0 Å². The van der Waals surface area contributed by atoms with E-state index in [1.54, 1.807) is 0 Å². The maximum Gasteiger partial charge on any atom is 0.224 e. The molecule has 1 fully saturated rings. The fraction of sp³-hybridized carbons (Fsp3) is 0.588. The molecule has 2 unspecified atom stereocenters. The summed E-state index contributed by atoms with van der Waals surface area (Å²) in [4.78, 5) is 12.1. The van der Waals surface area contributed by atoms with E-state index in [2.05, 4.69) is 12.2 Å². The van der Waals surface area contributed by atoms with Crippen LogP contribution in [0.4, 0.5) is 0 Å². The highest BCUT2D eigenvalue weighted by Crippen LogP contribution is 2.29. The molecule has 3 heteroatoms. The summed E-state index contributed by atoms with van der Waals surface area (Å²) in [6.45, 7) is 2.22. The van der Waals surface area contributed by atoms with Crippen molar-refractivity contribution < 1.29 is 4.79 Å². The quantitative estimate of drug-likeness (QED) is 0.829. The van der Waals surface area contributed by atoms with Gasteiger partial charge in [-0.05, 0) is 42.9 Å². The Bertz CT molecular complexity index is 446. The molecule has 0 heterocycles. The molecule has 0 spiro atoms. The maximum atomic E-state index is 12.1. The van der Waals surface area contributed by atoms with Crippen molar-refractivity contribution in [1.82, 2.24) is 5.32 Å². The van der Waals surface area contributed by atoms with Crippen LogP contribution in [0.1, 0.15) is 51.0 Å². The fourth-order valence-electron chi connectivity index (χ4n) is 3.13. The highest BCUT2D eigenvalue weighted by Gasteiger charge is 2.27. The number of hydrogen-bond donors (Lipinski definition) is 1. The van der Waals surface area contributed by atoms with E-state index in [1.165, 1.54) is 32.1 Å². The normalized spacial score (nSPS) is 21.9. The van der Waals surface area contributed by atoms with Gasteiger partial charge in [0.15, 0.2) is 0 Å². The summed E-state index contributed by atoms with van der Waals surface area (Å²) >= 11 is 5.95. The lowest BCUT2D eigenvalue weighted by atomic mass is 9.96. The third kappa shape index (κ3) is 4.52. The summed E-state index contributed by atoms with van der Waals surface area (Å²) < 4.78 is 0. The molecule has 2 nitrogen and oxygen atoms in total. The molecule has 1 aromatic carbocycles. The average molecular weight is 294 g/mol. The van der Waals surface area contributed by atoms with Crippen molar-refractivity contribution in [3.05, 3.63) is 34.9 Å². The molecule has 1 N–H and O–H groups in total. The van der Waals surface area contributed by atoms with E-state index in [4.69, 9.17) is 11.6 Å². The van der Waals surface area contributed by atoms with E-state index < -0.39 is 0 Å². The first-order valence-electron chi connectivity index (χ1n) is 7.73. The minimum Gasteiger partial charge on any atom is -0.353 e. The molecule has 2 atom stereocenters. The minimum atomic E-state index is 0.126. The van der Waals surface area contributed by atoms with Gasteiger partial charge in [0, 0.05) is 11.1 Å². The molecule has 1 aliphatic carbocycles. The van der Waals surface area contributed by atoms with Gasteiger partial charge in [-0.25, -0.2) is 0 Å². The Kier molecular flexibility index (Phi) is 5.90. The lowest BCUT2D eigenvalue weighted by molar-refractivity contribution is -0.121. The molecule has 1 aliphatic rings. The maximum absolute atomic E-state index is 12.1. The summed E-state index contributed by atoms with van der Waals surface area (Å²) in [5, 5.41) is 3.92. The van der Waals surface area contributed by atoms with E-state index >= 15 is 0 Å². The van der Waals surface area contributed by atoms with Crippen LogP contribution in [-0.4, -0.2) is 11.9 Å². The first kappa shape index (κ1) is 15.4. The smallest absolute Gasteiger partial charge is 0.224 e. The van der Waals surface area contributed by atoms with Crippen LogP contribution in [0, 0.1) is 5.92 Å². The standard InChI is InChI=1S/C17H24ClNO/c1-2-3-7-14-8-5-10-16(14)19-17(20)12-13-6-4-9-15(18)11-13/h4,6,9,11,14,16H,2-3,5,7-8,10,12H2,1H3,(H,19,20). The van der Waals surface area contributed by atoms with Gasteiger partial charge in [-0.2, -0.15) is 0 Å². The van der Waals surface area contributed by atoms with Gasteiger partial charge in [0.25, 0.3) is 0 Å². The van der Waals surface area contributed by atoms with Gasteiger partial charge in [0.2, 0.25) is 5.91 Å². The van der Waals surface area contributed by atoms with Gasteiger partial charge < -0.3 is 5.32 Å². The number of rotatable bonds is 6. The molecule has 0 saturated heterocycles. The van der Waals surface area contributed by atoms with Crippen molar-refractivity contribution in [2.24, 2.45) is 5.92 Å². The average Bonchev–Trinajstić information content (AvgIpc) is 2.83. The number of carbonyl (C=O) groups excluding carboxylic acids is 1. The van der Waals surface area contributed by atoms with E-state index in [0.717, 1.165) is 12.0 Å². The van der Waals surface area contributed by atoms with Crippen LogP contribution in [0.3, 0.4) is 0 Å². The summed E-state index contributed by atoms with van der Waals surface area (Å²) in [5.74, 6) is 0.805. The number of benzene rings is 1. The van der Waals surface area contributed by atoms with Crippen LogP contribution in [0.2, 0.25) is 5.02 Å². The highest BCUT2D eigenvalue weighted by atomic mass is 35.5. The highest BCUT2D eigenvalue weighted by molar-refractivity contribution is 6.30. The summed E-state index contributed by atoms with van der Waals surface area (Å²) in [7, 11) is 0. The zero-order valence-electron chi connectivity index (χ0n) is 12.2. The van der Waals surface area contributed by atoms with Crippen molar-refractivity contribution in [2.75, 3.05) is 0 Å². The first-order chi connectivity index (χ1) is 9.69. The third-order valence-corrected chi connectivity index (χ3v) is 4.42. The molecule has 110 valence electrons. The van der Waals surface area contributed by atoms with Crippen LogP contribution in [0.25, 0.3) is 0 Å². The Balaban J connectivity index is 1.84. The van der Waals surface area contributed by atoms with Crippen LogP contribution < -0.4 is 5.32 Å². The van der Waals surface area contributed by atoms with Crippen LogP contribution in [0.15, 0.2) is 24.3 Å². The van der Waals surface area contributed by atoms with E-state index in [1.807, 2.05) is 24.3 Å². The van der Waals surface area contributed by atoms with E-state index in [0.29, 0.717) is 23.4 Å². The van der Waals surface area contributed by atoms with Crippen molar-refractivity contribution in [3.63, 3.8) is 0 Å². The predicted molar refractivity (Wildman–Crippen MR) is 84.0 cm³/mol. The SMILES string of the molecule is CCCCC1CCCC1NC(=O)Cc1cccc(Cl)c1. The predicted octanol–water partition coefficient (Wildman–Crippen LogP) is 4.36. The molecular weight excluding hydrogens is 270 g/mol. The number of unbranched alkanes of at least 4 members (excludes halogenated alkanes) is 1. The summed E-state index contributed by atoms with van der Waals surface area (Å²) in [6, 6.07) is 7.93. The number of carbonyl (C=O) groups is 1. The van der Waals surface area contributed by atoms with Crippen LogP contribution >= 0.6 is 11.6 Å². The summed E-state index contributed by atoms with van der Waals surface area (Å²) in [6.07, 6.45) is 7.83. The van der Waals surface area contributed by atoms with Gasteiger partial charge in [-0.3, -0.25) is 4.79 Å². The molecule has 1 amide bonds. The zero-order chi connectivity index (χ0) is 14.4. The number of nitrogens with one attached hydrogen (secondary N) is 1. The first-order valence-corrected chi connectivity index (χ1v) is 8.10. The van der Waals surface area contributed by atoms with Gasteiger partial charge in [-0.1, -0.05) is 49.9 Å². The van der Waals surface area contributed by atoms with Gasteiger partial charge in [0.05, 0.1) is 6.42 Å². The largest absolute Gasteiger partial charge is 0.353 e. The monoisotopic (exact) mass is 293 g/mol. The second kappa shape index (κ2) is 7.68. The lowest BCUT2D eigenvalue weighted by Gasteiger charge is -2.21. The van der Waals surface area contributed by atoms with Crippen LogP contribution in [0.5, 0.6) is 0 Å². The topological polar surface area (TPSA) is 29.1 Å². The molecule has 0 aromatic heterocycles. The molecule has 0 bridgehead atoms. The Morgan fingerprint density at radius 2 is 2.25 bits per heavy atom. The van der Waals surface area contributed by atoms with E-state index in [9.17, 15) is 4.79 Å². The second-order valence-corrected chi connectivity index (χ2v) is 6.25. The van der Waals surface area contributed by atoms with Crippen molar-refractivity contribution in [3.8, 4) is 0 Å². The molecule has 20 heavy (non-hydrogen) atoms. The van der Waals surface area contributed by atoms with Gasteiger partial charge >= 0.3 is 0 Å². The Morgan fingerprint density at radius 1 is 1.40 bits per heavy atom. The van der Waals surface area contributed by atoms with E-state index in [-0.39, 0.29) is 5.91 Å². The van der Waals surface area contributed by atoms with Crippen molar-refractivity contribution in [1.29, 1.82) is 0 Å². The number of hydrogen-bond acceptors (Lipinski definition) is 1. The Hall–Kier alpha value is -1.02. The number of amides is 1. The Labute approximate surface area is 126 Å². The summed E-state index contributed by atoms with van der Waals surface area (Å²) in [5.41, 5.74) is 0.984. The van der Waals surface area contributed by atoms with Gasteiger partial charge in [-0.15, -0.1) is 0 Å². The second-order valence-electron chi connectivity index (χ2n) is 5.81. The molecular formula is C17H24ClNO. The minimum absolute atomic E-state index is 0.126. The Morgan fingerprint density at radius 3 is 3.00 bits per heavy atom. The molecule has 0 aliphatic heterocycles. The molecule has 2 rings (SSSR count). The number of halogens is 1. The van der Waals surface area contributed by atoms with Crippen molar-refractivity contribution in [2.45, 2.75) is 57.9 Å². The van der Waals surface area contributed by atoms with Crippen molar-refractivity contribution >= 4 is 17.5 Å². The molecule has 1 aromatic rings. The lowest BCUT2D eigenvalue weighted by Crippen LogP contribution is -2.38. The zero-order valence-corrected chi connectivity index (χ0v) is 13.0. The van der Waals surface area contributed by atoms with Crippen LogP contribution in [-0.2, 0) is 11.2 Å². The molecule has 0 radical (unpaired) electrons.